The molecule has 0 bridgehead atoms. The highest BCUT2D eigenvalue weighted by Crippen LogP contribution is 2.52. The molecule has 0 N–H and O–H groups in total. The minimum absolute atomic E-state index is 0.0649. The number of fused-ring (bicyclic) bond motifs is 3. The smallest absolute Gasteiger partial charge is 0.299 e. The molecule has 0 atom stereocenters. The maximum atomic E-state index is 15.7. The van der Waals surface area contributed by atoms with Crippen LogP contribution >= 0.6 is 0 Å². The molecule has 0 aliphatic heterocycles. The minimum Gasteiger partial charge on any atom is -0.481 e. The first kappa shape index (κ1) is 26.5. The van der Waals surface area contributed by atoms with Crippen LogP contribution in [0.3, 0.4) is 0 Å². The average Bonchev–Trinajstić information content (AvgIpc) is 3.57. The van der Waals surface area contributed by atoms with Crippen molar-refractivity contribution in [3.63, 3.8) is 0 Å². The summed E-state index contributed by atoms with van der Waals surface area (Å²) in [4.78, 5) is 13.7. The largest absolute Gasteiger partial charge is 0.481 e. The summed E-state index contributed by atoms with van der Waals surface area (Å²) >= 11 is 0. The van der Waals surface area contributed by atoms with Crippen molar-refractivity contribution >= 4 is 0 Å². The topological polar surface area (TPSA) is 75.0 Å². The number of hydrogen-bond donors (Lipinski definition) is 0. The summed E-state index contributed by atoms with van der Waals surface area (Å²) < 4.78 is 43.8. The van der Waals surface area contributed by atoms with Crippen molar-refractivity contribution in [3.05, 3.63) is 120 Å². The number of nitrogens with zero attached hydrogens (tertiary/aromatic N) is 5. The van der Waals surface area contributed by atoms with Crippen LogP contribution in [-0.2, 0) is 12.5 Å². The second-order valence-electron chi connectivity index (χ2n) is 10.1. The standard InChI is InChI=1S/C34H25F2N5O2/c1-42-29-19-30(43-2)38-31(37-29)23-13-15-27-25(17-23)26-18-24(14-16-28(26)34(27,35)36)33-39-32(22-11-7-4-8-12-22)40-41(33)20-21-9-5-3-6-10-21/h3-19H,20H2,1-2H3. The van der Waals surface area contributed by atoms with Gasteiger partial charge in [0.15, 0.2) is 17.5 Å². The third kappa shape index (κ3) is 4.68. The zero-order valence-corrected chi connectivity index (χ0v) is 23.3. The third-order valence-corrected chi connectivity index (χ3v) is 7.50. The Kier molecular flexibility index (Phi) is 6.42. The first-order valence-electron chi connectivity index (χ1n) is 13.6. The fourth-order valence-corrected chi connectivity index (χ4v) is 5.38. The Balaban J connectivity index is 1.36. The third-order valence-electron chi connectivity index (χ3n) is 7.50. The second-order valence-corrected chi connectivity index (χ2v) is 10.1. The lowest BCUT2D eigenvalue weighted by molar-refractivity contribution is 0.0480. The Morgan fingerprint density at radius 3 is 1.84 bits per heavy atom. The van der Waals surface area contributed by atoms with Crippen LogP contribution in [0.2, 0.25) is 0 Å². The van der Waals surface area contributed by atoms with Gasteiger partial charge in [-0.15, -0.1) is 0 Å². The molecular formula is C34H25F2N5O2. The lowest BCUT2D eigenvalue weighted by atomic mass is 10.0. The summed E-state index contributed by atoms with van der Waals surface area (Å²) in [6.45, 7) is 0.471. The van der Waals surface area contributed by atoms with Gasteiger partial charge in [-0.25, -0.2) is 9.67 Å². The van der Waals surface area contributed by atoms with Crippen LogP contribution in [-0.4, -0.2) is 39.0 Å². The molecule has 9 heteroatoms. The minimum atomic E-state index is -3.17. The maximum Gasteiger partial charge on any atom is 0.299 e. The first-order valence-corrected chi connectivity index (χ1v) is 13.6. The zero-order chi connectivity index (χ0) is 29.6. The highest BCUT2D eigenvalue weighted by atomic mass is 19.3. The van der Waals surface area contributed by atoms with E-state index in [9.17, 15) is 0 Å². The van der Waals surface area contributed by atoms with Gasteiger partial charge in [-0.2, -0.15) is 23.8 Å². The molecule has 2 aromatic heterocycles. The van der Waals surface area contributed by atoms with E-state index in [2.05, 4.69) is 9.97 Å². The van der Waals surface area contributed by atoms with Crippen molar-refractivity contribution in [1.29, 1.82) is 0 Å². The SMILES string of the molecule is COc1cc(OC)nc(-c2ccc3c(c2)-c2cc(-c4nc(-c5ccccc5)nn4Cc4ccccc4)ccc2C3(F)F)n1. The fourth-order valence-electron chi connectivity index (χ4n) is 5.38. The summed E-state index contributed by atoms with van der Waals surface area (Å²) in [6, 6.07) is 30.8. The van der Waals surface area contributed by atoms with Gasteiger partial charge in [-0.1, -0.05) is 84.9 Å². The molecule has 1 aliphatic carbocycles. The summed E-state index contributed by atoms with van der Waals surface area (Å²) in [7, 11) is 2.98. The highest BCUT2D eigenvalue weighted by Gasteiger charge is 2.44. The summed E-state index contributed by atoms with van der Waals surface area (Å²) in [6.07, 6.45) is 0. The molecule has 6 aromatic rings. The van der Waals surface area contributed by atoms with Crippen molar-refractivity contribution < 1.29 is 18.3 Å². The lowest BCUT2D eigenvalue weighted by Crippen LogP contribution is -2.11. The van der Waals surface area contributed by atoms with Crippen LogP contribution in [0.15, 0.2) is 103 Å². The van der Waals surface area contributed by atoms with Crippen LogP contribution in [0.4, 0.5) is 8.78 Å². The number of rotatable bonds is 7. The quantitative estimate of drug-likeness (QED) is 0.200. The van der Waals surface area contributed by atoms with Gasteiger partial charge in [0.05, 0.1) is 26.8 Å². The number of benzene rings is 4. The van der Waals surface area contributed by atoms with Gasteiger partial charge in [-0.05, 0) is 28.8 Å². The summed E-state index contributed by atoms with van der Waals surface area (Å²) in [5, 5.41) is 4.82. The molecule has 0 unspecified atom stereocenters. The molecule has 4 aromatic carbocycles. The maximum absolute atomic E-state index is 15.7. The molecule has 1 aliphatic rings. The van der Waals surface area contributed by atoms with Gasteiger partial charge in [0.25, 0.3) is 5.92 Å². The van der Waals surface area contributed by atoms with E-state index in [0.717, 1.165) is 11.1 Å². The van der Waals surface area contributed by atoms with Crippen LogP contribution in [0.1, 0.15) is 16.7 Å². The van der Waals surface area contributed by atoms with Crippen molar-refractivity contribution in [1.82, 2.24) is 24.7 Å². The molecule has 0 spiro atoms. The Hall–Kier alpha value is -5.44. The Morgan fingerprint density at radius 1 is 0.628 bits per heavy atom. The molecule has 0 saturated carbocycles. The van der Waals surface area contributed by atoms with E-state index in [0.29, 0.717) is 58.0 Å². The van der Waals surface area contributed by atoms with Crippen LogP contribution < -0.4 is 9.47 Å². The van der Waals surface area contributed by atoms with Gasteiger partial charge >= 0.3 is 0 Å². The predicted octanol–water partition coefficient (Wildman–Crippen LogP) is 7.26. The van der Waals surface area contributed by atoms with E-state index in [1.54, 1.807) is 30.3 Å². The van der Waals surface area contributed by atoms with Crippen molar-refractivity contribution in [2.24, 2.45) is 0 Å². The van der Waals surface area contributed by atoms with Crippen molar-refractivity contribution in [2.45, 2.75) is 12.5 Å². The number of ether oxygens (including phenoxy) is 2. The number of aromatic nitrogens is 5. The molecule has 212 valence electrons. The van der Waals surface area contributed by atoms with Crippen LogP contribution in [0.5, 0.6) is 11.8 Å². The molecule has 7 nitrogen and oxygen atoms in total. The van der Waals surface area contributed by atoms with Gasteiger partial charge in [-0.3, -0.25) is 0 Å². The molecule has 7 rings (SSSR count). The van der Waals surface area contributed by atoms with E-state index in [1.807, 2.05) is 65.3 Å². The van der Waals surface area contributed by atoms with Crippen LogP contribution in [0, 0.1) is 0 Å². The van der Waals surface area contributed by atoms with Gasteiger partial charge < -0.3 is 9.47 Å². The molecule has 0 fully saturated rings. The van der Waals surface area contributed by atoms with Crippen molar-refractivity contribution in [3.8, 4) is 57.1 Å². The molecular weight excluding hydrogens is 548 g/mol. The Morgan fingerprint density at radius 2 is 1.21 bits per heavy atom. The summed E-state index contributed by atoms with van der Waals surface area (Å²) in [5.74, 6) is -1.10. The van der Waals surface area contributed by atoms with E-state index >= 15 is 8.78 Å². The molecule has 43 heavy (non-hydrogen) atoms. The average molecular weight is 574 g/mol. The van der Waals surface area contributed by atoms with E-state index in [1.165, 1.54) is 26.4 Å². The molecule has 0 amide bonds. The fraction of sp³-hybridized carbons (Fsp3) is 0.118. The molecule has 0 radical (unpaired) electrons. The van der Waals surface area contributed by atoms with E-state index in [4.69, 9.17) is 19.6 Å². The molecule has 2 heterocycles. The highest BCUT2D eigenvalue weighted by molar-refractivity contribution is 5.85. The zero-order valence-electron chi connectivity index (χ0n) is 23.3. The van der Waals surface area contributed by atoms with E-state index < -0.39 is 5.92 Å². The Labute approximate surface area is 246 Å². The van der Waals surface area contributed by atoms with Crippen LogP contribution in [0.25, 0.3) is 45.3 Å². The number of methoxy groups -OCH3 is 2. The number of halogens is 2. The first-order chi connectivity index (χ1) is 20.9. The van der Waals surface area contributed by atoms with Crippen molar-refractivity contribution in [2.75, 3.05) is 14.2 Å². The lowest BCUT2D eigenvalue weighted by Gasteiger charge is -2.13. The van der Waals surface area contributed by atoms with E-state index in [-0.39, 0.29) is 11.1 Å². The normalized spacial score (nSPS) is 12.9. The van der Waals surface area contributed by atoms with Gasteiger partial charge in [0.2, 0.25) is 11.8 Å². The van der Waals surface area contributed by atoms with Gasteiger partial charge in [0.1, 0.15) is 0 Å². The Bertz CT molecular complexity index is 1940. The molecule has 0 saturated heterocycles. The monoisotopic (exact) mass is 573 g/mol. The number of hydrogen-bond acceptors (Lipinski definition) is 6. The second kappa shape index (κ2) is 10.4. The van der Waals surface area contributed by atoms with Gasteiger partial charge in [0, 0.05) is 27.8 Å². The predicted molar refractivity (Wildman–Crippen MR) is 159 cm³/mol. The number of alkyl halides is 2. The summed E-state index contributed by atoms with van der Waals surface area (Å²) in [5.41, 5.74) is 3.84.